The van der Waals surface area contributed by atoms with Crippen LogP contribution >= 0.6 is 48.3 Å². The molecule has 0 saturated heterocycles. The van der Waals surface area contributed by atoms with Crippen molar-refractivity contribution >= 4 is 67.3 Å². The predicted octanol–water partition coefficient (Wildman–Crippen LogP) is 6.88. The number of ketones is 1. The maximum atomic E-state index is 12.2. The van der Waals surface area contributed by atoms with Crippen molar-refractivity contribution in [3.63, 3.8) is 0 Å². The van der Waals surface area contributed by atoms with Crippen LogP contribution in [0, 0.1) is 17.3 Å². The summed E-state index contributed by atoms with van der Waals surface area (Å²) >= 11 is 0. The number of allylic oxidation sites excluding steroid dienone is 4. The van der Waals surface area contributed by atoms with Gasteiger partial charge in [0, 0.05) is 50.6 Å². The summed E-state index contributed by atoms with van der Waals surface area (Å²) < 4.78 is 0. The Kier molecular flexibility index (Phi) is 13.2. The number of carbonyl (C=O) groups is 1. The van der Waals surface area contributed by atoms with E-state index in [1.165, 1.54) is 22.4 Å². The molecule has 0 aliphatic heterocycles. The number of carbonyl (C=O) groups excluding carboxylic acids is 1. The maximum Gasteiger partial charge on any atom is 0.365 e. The Morgan fingerprint density at radius 1 is 1.03 bits per heavy atom. The van der Waals surface area contributed by atoms with E-state index in [4.69, 9.17) is 7.57 Å². The average Bonchev–Trinajstić information content (AvgIpc) is 3.04. The number of rotatable bonds is 3. The van der Waals surface area contributed by atoms with Gasteiger partial charge >= 0.3 is 7.57 Å². The first-order valence-corrected chi connectivity index (χ1v) is 14.3. The van der Waals surface area contributed by atoms with Gasteiger partial charge in [0.15, 0.2) is 11.1 Å². The fourth-order valence-corrected chi connectivity index (χ4v) is 9.34. The van der Waals surface area contributed by atoms with Crippen molar-refractivity contribution in [2.75, 3.05) is 25.7 Å². The van der Waals surface area contributed by atoms with Crippen molar-refractivity contribution in [1.82, 2.24) is 0 Å². The summed E-state index contributed by atoms with van der Waals surface area (Å²) in [6.07, 6.45) is 8.40. The second kappa shape index (κ2) is 13.4. The molecule has 2 radical (unpaired) electrons. The van der Waals surface area contributed by atoms with Crippen LogP contribution in [0.2, 0.25) is 0 Å². The molecule has 0 heterocycles. The second-order valence-corrected chi connectivity index (χ2v) is 13.3. The highest BCUT2D eigenvalue weighted by molar-refractivity contribution is 7.82. The number of hydrogen-bond acceptors (Lipinski definition) is 3. The minimum absolute atomic E-state index is 0. The Morgan fingerprint density at radius 3 is 2.22 bits per heavy atom. The monoisotopic (exact) mass is 582 g/mol. The molecular weight excluding hydrogens is 532 g/mol. The summed E-state index contributed by atoms with van der Waals surface area (Å²) in [5.41, 5.74) is 6.73. The number of benzene rings is 1. The average molecular weight is 583 g/mol. The molecule has 6 atom stereocenters. The van der Waals surface area contributed by atoms with Gasteiger partial charge in [-0.3, -0.25) is 4.79 Å². The zero-order valence-electron chi connectivity index (χ0n) is 21.4. The number of aliphatic hydroxyl groups is 1. The van der Waals surface area contributed by atoms with E-state index in [1.54, 1.807) is 5.57 Å². The first-order chi connectivity index (χ1) is 15.2. The molecule has 5 rings (SSSR count). The molecule has 0 bridgehead atoms. The smallest absolute Gasteiger partial charge is 0.365 e. The molecule has 1 N–H and O–H groups in total. The van der Waals surface area contributed by atoms with Gasteiger partial charge in [0.1, 0.15) is 0 Å². The van der Waals surface area contributed by atoms with Crippen molar-refractivity contribution in [3.05, 3.63) is 52.6 Å². The minimum Gasteiger partial charge on any atom is -0.378 e. The summed E-state index contributed by atoms with van der Waals surface area (Å²) in [5, 5.41) is 11.2. The zero-order chi connectivity index (χ0) is 22.8. The van der Waals surface area contributed by atoms with E-state index in [0.29, 0.717) is 18.3 Å². The lowest BCUT2D eigenvalue weighted by Crippen LogP contribution is -2.50. The van der Waals surface area contributed by atoms with Crippen LogP contribution in [0.1, 0.15) is 78.2 Å². The van der Waals surface area contributed by atoms with Crippen LogP contribution in [0.5, 0.6) is 0 Å². The molecule has 3 nitrogen and oxygen atoms in total. The highest BCUT2D eigenvalue weighted by atomic mass is 32.1. The van der Waals surface area contributed by atoms with Crippen LogP contribution in [-0.2, 0) is 4.79 Å². The number of fused-ring (bicyclic) bond motifs is 4. The van der Waals surface area contributed by atoms with Gasteiger partial charge in [-0.1, -0.05) is 39.5 Å². The molecule has 37 heavy (non-hydrogen) atoms. The van der Waals surface area contributed by atoms with Crippen molar-refractivity contribution in [1.29, 1.82) is 0 Å². The summed E-state index contributed by atoms with van der Waals surface area (Å²) in [7, 11) is 9.33. The highest BCUT2D eigenvalue weighted by Gasteiger charge is 2.66. The van der Waals surface area contributed by atoms with E-state index in [1.807, 2.05) is 6.08 Å². The van der Waals surface area contributed by atoms with Gasteiger partial charge in [-0.15, -0.1) is 0 Å². The predicted molar refractivity (Wildman–Crippen MR) is 181 cm³/mol. The van der Waals surface area contributed by atoms with Crippen molar-refractivity contribution < 1.29 is 9.90 Å². The number of hydrogen-bond donors (Lipinski definition) is 1. The Balaban J connectivity index is 0.00000259. The van der Waals surface area contributed by atoms with Gasteiger partial charge in [-0.2, -0.15) is 40.5 Å². The maximum absolute atomic E-state index is 12.2. The van der Waals surface area contributed by atoms with Crippen LogP contribution in [0.25, 0.3) is 0 Å². The SMILES string of the molecule is C.C.S.S.S.[B][PH+](C)[C@]1(O)CC[C@H]2[C@@H]3CCC4=CC(=O)CCC4=C3[C@@H](c3ccc(N(C)C)cc3)C[C@@]21C. The van der Waals surface area contributed by atoms with E-state index in [0.717, 1.165) is 38.5 Å². The summed E-state index contributed by atoms with van der Waals surface area (Å²) in [6, 6.07) is 9.00. The fourth-order valence-electron chi connectivity index (χ4n) is 7.62. The van der Waals surface area contributed by atoms with Gasteiger partial charge < -0.3 is 10.0 Å². The molecular formula is C29H50BNO2PS3+. The molecule has 2 saturated carbocycles. The first kappa shape index (κ1) is 36.7. The fraction of sp³-hybridized carbons (Fsp3) is 0.621. The van der Waals surface area contributed by atoms with Crippen molar-refractivity contribution in [2.45, 2.75) is 78.0 Å². The largest absolute Gasteiger partial charge is 0.378 e. The number of anilines is 1. The van der Waals surface area contributed by atoms with Crippen LogP contribution in [0.4, 0.5) is 5.69 Å². The standard InChI is InChI=1S/C27H36BNO2P.2CH4.3H2S/c1-26-16-23(17-5-8-19(9-6-17)29(2)3)25-21-12-10-20(30)15-18(21)7-11-22(25)24(26)13-14-27(26,31)32(4)28;;;;;/h5-6,8-9,15,22-24,31-32H,7,10-14,16H2,1-4H3;2*1H4;3*1H2/q+1;;;;;/t22-,23+,24-,26-,27+;;;;;/m0...../s1. The molecule has 1 aromatic carbocycles. The molecule has 1 aromatic rings. The van der Waals surface area contributed by atoms with Gasteiger partial charge in [0.05, 0.1) is 0 Å². The highest BCUT2D eigenvalue weighted by Crippen LogP contribution is 2.72. The van der Waals surface area contributed by atoms with Crippen molar-refractivity contribution in [2.24, 2.45) is 17.3 Å². The molecule has 0 aromatic heterocycles. The Hall–Kier alpha value is -0.325. The quantitative estimate of drug-likeness (QED) is 0.312. The topological polar surface area (TPSA) is 40.5 Å². The van der Waals surface area contributed by atoms with E-state index >= 15 is 0 Å². The summed E-state index contributed by atoms with van der Waals surface area (Å²) in [5.74, 6) is 1.54. The summed E-state index contributed by atoms with van der Waals surface area (Å²) in [6.45, 7) is 4.42. The van der Waals surface area contributed by atoms with Gasteiger partial charge in [-0.25, -0.2) is 0 Å². The first-order valence-electron chi connectivity index (χ1n) is 12.2. The molecule has 8 heteroatoms. The van der Waals surface area contributed by atoms with E-state index in [-0.39, 0.29) is 72.5 Å². The third-order valence-electron chi connectivity index (χ3n) is 9.35. The lowest BCUT2D eigenvalue weighted by Gasteiger charge is -2.54. The lowest BCUT2D eigenvalue weighted by molar-refractivity contribution is -0.114. The van der Waals surface area contributed by atoms with E-state index in [9.17, 15) is 9.90 Å². The van der Waals surface area contributed by atoms with Crippen LogP contribution < -0.4 is 4.90 Å². The zero-order valence-corrected chi connectivity index (χ0v) is 25.4. The molecule has 1 unspecified atom stereocenters. The Labute approximate surface area is 249 Å². The third kappa shape index (κ3) is 5.78. The molecule has 0 spiro atoms. The summed E-state index contributed by atoms with van der Waals surface area (Å²) in [4.78, 5) is 14.3. The Morgan fingerprint density at radius 2 is 1.65 bits per heavy atom. The Bertz CT molecular complexity index is 1010. The molecule has 0 amide bonds. The molecule has 4 aliphatic rings. The van der Waals surface area contributed by atoms with E-state index < -0.39 is 13.1 Å². The molecule has 208 valence electrons. The van der Waals surface area contributed by atoms with Crippen LogP contribution in [0.15, 0.2) is 47.1 Å². The van der Waals surface area contributed by atoms with Crippen molar-refractivity contribution in [3.8, 4) is 0 Å². The minimum atomic E-state index is -1.35. The van der Waals surface area contributed by atoms with Gasteiger partial charge in [0.25, 0.3) is 0 Å². The van der Waals surface area contributed by atoms with Crippen LogP contribution in [0.3, 0.4) is 0 Å². The second-order valence-electron chi connectivity index (χ2n) is 11.1. The van der Waals surface area contributed by atoms with E-state index in [2.05, 4.69) is 56.8 Å². The van der Waals surface area contributed by atoms with Crippen LogP contribution in [-0.4, -0.2) is 44.6 Å². The number of nitrogens with zero attached hydrogens (tertiary/aromatic N) is 1. The van der Waals surface area contributed by atoms with Gasteiger partial charge in [0.2, 0.25) is 0 Å². The molecule has 4 aliphatic carbocycles. The van der Waals surface area contributed by atoms with Gasteiger partial charge in [-0.05, 0) is 86.7 Å². The normalized spacial score (nSPS) is 32.3. The third-order valence-corrected chi connectivity index (χ3v) is 11.5. The molecule has 2 fully saturated rings. The lowest BCUT2D eigenvalue weighted by atomic mass is 9.53.